The van der Waals surface area contributed by atoms with Gasteiger partial charge in [-0.05, 0) is 133 Å². The number of hydrogen-bond acceptors (Lipinski definition) is 14. The lowest BCUT2D eigenvalue weighted by molar-refractivity contribution is -0.136. The van der Waals surface area contributed by atoms with Gasteiger partial charge in [0.25, 0.3) is 5.91 Å². The molecule has 2 aromatic heterocycles. The van der Waals surface area contributed by atoms with Crippen LogP contribution >= 0.6 is 23.1 Å². The van der Waals surface area contributed by atoms with Crippen molar-refractivity contribution in [2.45, 2.75) is 57.2 Å². The Morgan fingerprint density at radius 3 is 2.26 bits per heavy atom. The molecule has 11 rings (SSSR count). The van der Waals surface area contributed by atoms with Crippen molar-refractivity contribution in [3.63, 3.8) is 0 Å². The van der Waals surface area contributed by atoms with Crippen LogP contribution in [0.2, 0.25) is 0 Å². The van der Waals surface area contributed by atoms with Crippen LogP contribution in [0.15, 0.2) is 102 Å². The molecule has 0 aliphatic carbocycles. The van der Waals surface area contributed by atoms with Gasteiger partial charge in [0.1, 0.15) is 24.8 Å². The summed E-state index contributed by atoms with van der Waals surface area (Å²) in [7, 11) is 0.923. The first-order chi connectivity index (χ1) is 36.7. The zero-order chi connectivity index (χ0) is 52.7. The Morgan fingerprint density at radius 1 is 0.776 bits per heavy atom. The number of aryl methyl sites for hydroxylation is 1. The normalized spacial score (nSPS) is 19.2. The molecule has 396 valence electrons. The number of aromatic nitrogens is 4. The first-order valence-electron chi connectivity index (χ1n) is 26.5. The summed E-state index contributed by atoms with van der Waals surface area (Å²) in [6, 6.07) is 26.4. The van der Waals surface area contributed by atoms with Crippen molar-refractivity contribution in [3.8, 4) is 28.0 Å². The summed E-state index contributed by atoms with van der Waals surface area (Å²) in [4.78, 5) is 59.0. The molecule has 5 aliphatic rings. The molecule has 4 aromatic carbocycles. The number of methoxy groups -OCH3 is 1. The molecule has 6 aromatic rings. The number of fused-ring (bicyclic) bond motifs is 1. The molecular weight excluding hydrogens is 1040 g/mol. The number of anilines is 6. The topological polar surface area (TPSA) is 173 Å². The number of ether oxygens (including phenoxy) is 1. The maximum atomic E-state index is 13.7. The fraction of sp³-hybridized carbons (Fsp3) is 0.404. The molecule has 19 heteroatoms. The molecule has 4 fully saturated rings. The summed E-state index contributed by atoms with van der Waals surface area (Å²) in [6.45, 7) is 13.1. The Morgan fingerprint density at radius 2 is 1.55 bits per heavy atom. The minimum atomic E-state index is -2.70. The third-order valence-electron chi connectivity index (χ3n) is 16.0. The van der Waals surface area contributed by atoms with Crippen LogP contribution in [0, 0.1) is 5.92 Å². The molecule has 0 saturated carbocycles. The van der Waals surface area contributed by atoms with Crippen molar-refractivity contribution >= 4 is 80.6 Å². The fourth-order valence-electron chi connectivity index (χ4n) is 11.8. The zero-order valence-electron chi connectivity index (χ0n) is 43.7. The molecular formula is C57H66BrN12O5P. The Balaban J connectivity index is 0.696. The van der Waals surface area contributed by atoms with Gasteiger partial charge in [-0.2, -0.15) is 10.1 Å². The number of halogens is 1. The summed E-state index contributed by atoms with van der Waals surface area (Å²) in [6.07, 6.45) is 10.9. The highest BCUT2D eigenvalue weighted by molar-refractivity contribution is 9.10. The maximum Gasteiger partial charge on any atom is 0.255 e. The van der Waals surface area contributed by atoms with Gasteiger partial charge in [-0.15, -0.1) is 0 Å². The third kappa shape index (κ3) is 11.0. The number of piperidine rings is 3. The van der Waals surface area contributed by atoms with Gasteiger partial charge in [0.05, 0.1) is 29.2 Å². The van der Waals surface area contributed by atoms with Crippen LogP contribution in [-0.4, -0.2) is 144 Å². The highest BCUT2D eigenvalue weighted by atomic mass is 79.9. The Labute approximate surface area is 452 Å². The predicted octanol–water partition coefficient (Wildman–Crippen LogP) is 8.31. The van der Waals surface area contributed by atoms with Crippen LogP contribution in [-0.2, 0) is 27.7 Å². The second kappa shape index (κ2) is 21.8. The van der Waals surface area contributed by atoms with Gasteiger partial charge >= 0.3 is 0 Å². The van der Waals surface area contributed by atoms with Crippen LogP contribution in [0.25, 0.3) is 22.3 Å². The van der Waals surface area contributed by atoms with E-state index in [2.05, 4.69) is 91.9 Å². The molecule has 7 heterocycles. The minimum Gasteiger partial charge on any atom is -0.494 e. The fourth-order valence-corrected chi connectivity index (χ4v) is 13.3. The number of likely N-dealkylation sites (tertiary alicyclic amines) is 1. The average molecular weight is 1110 g/mol. The molecule has 17 nitrogen and oxygen atoms in total. The maximum absolute atomic E-state index is 13.7. The van der Waals surface area contributed by atoms with Crippen molar-refractivity contribution < 1.29 is 23.7 Å². The van der Waals surface area contributed by atoms with E-state index < -0.39 is 13.2 Å². The number of carbonyl (C=O) groups excluding carboxylic acids is 3. The van der Waals surface area contributed by atoms with Crippen LogP contribution in [0.4, 0.5) is 34.5 Å². The van der Waals surface area contributed by atoms with Gasteiger partial charge in [-0.25, -0.2) is 4.98 Å². The summed E-state index contributed by atoms with van der Waals surface area (Å²) in [5, 5.41) is 14.6. The molecule has 3 amide bonds. The van der Waals surface area contributed by atoms with Gasteiger partial charge in [-0.3, -0.25) is 29.3 Å². The molecule has 0 unspecified atom stereocenters. The lowest BCUT2D eigenvalue weighted by Crippen LogP contribution is -2.52. The molecule has 4 saturated heterocycles. The van der Waals surface area contributed by atoms with Crippen LogP contribution < -0.4 is 35.8 Å². The lowest BCUT2D eigenvalue weighted by Gasteiger charge is -2.44. The van der Waals surface area contributed by atoms with Gasteiger partial charge < -0.3 is 39.5 Å². The molecule has 0 bridgehead atoms. The van der Waals surface area contributed by atoms with E-state index in [1.165, 1.54) is 12.8 Å². The number of hydrogen-bond donors (Lipinski definition) is 3. The summed E-state index contributed by atoms with van der Waals surface area (Å²) < 4.78 is 22.3. The Kier molecular flexibility index (Phi) is 14.8. The molecule has 76 heavy (non-hydrogen) atoms. The van der Waals surface area contributed by atoms with Gasteiger partial charge in [-0.1, -0.05) is 36.4 Å². The van der Waals surface area contributed by atoms with Crippen molar-refractivity contribution in [2.75, 3.05) is 99.8 Å². The smallest absolute Gasteiger partial charge is 0.255 e. The molecule has 3 N–H and O–H groups in total. The van der Waals surface area contributed by atoms with E-state index in [4.69, 9.17) is 9.72 Å². The van der Waals surface area contributed by atoms with Crippen molar-refractivity contribution in [3.05, 3.63) is 113 Å². The van der Waals surface area contributed by atoms with E-state index in [0.29, 0.717) is 58.2 Å². The number of rotatable bonds is 14. The SMILES string of the molecule is COc1cc(N2CCC(N3CCC(CN4CCN(c5ccc6c(c5)CN([C@H]5CCC(=O)NC5=O)C6=O)CC4)CC3)CC2)c(-c2cnn(C)c2)cc1Nc1ncc(Br)c(Nc2ccc(-c3ccccc3)cc2P(C)(C)=O)n1. The summed E-state index contributed by atoms with van der Waals surface area (Å²) in [5.41, 5.74) is 9.36. The van der Waals surface area contributed by atoms with Gasteiger partial charge in [0, 0.05) is 124 Å². The monoisotopic (exact) mass is 1110 g/mol. The predicted molar refractivity (Wildman–Crippen MR) is 303 cm³/mol. The summed E-state index contributed by atoms with van der Waals surface area (Å²) >= 11 is 3.65. The standard InChI is InChI=1S/C57H66BrN12O5P/c1-65-35-41(32-60-65)45-30-48(62-57-59-33-46(58)54(64-57)61-47-13-10-39(29-52(47)76(3,4)74)38-8-6-5-7-9-38)51(75-2)31-50(45)69-22-18-42(19-23-69)67-20-16-37(17-21-67)34-66-24-26-68(27-25-66)43-11-12-44-40(28-43)36-70(56(44)73)49-14-15-53(71)63-55(49)72/h5-13,28-33,35,37,42,49H,14-27,34,36H2,1-4H3,(H,63,71,72)(H2,59,61,62,64)/t49-/m0/s1. The largest absolute Gasteiger partial charge is 0.494 e. The second-order valence-corrected chi connectivity index (χ2v) is 25.3. The third-order valence-corrected chi connectivity index (χ3v) is 18.1. The van der Waals surface area contributed by atoms with E-state index >= 15 is 0 Å². The number of amides is 3. The van der Waals surface area contributed by atoms with Crippen molar-refractivity contribution in [1.29, 1.82) is 0 Å². The minimum absolute atomic E-state index is 0.131. The summed E-state index contributed by atoms with van der Waals surface area (Å²) in [5.74, 6) is 1.47. The van der Waals surface area contributed by atoms with Crippen LogP contribution in [0.3, 0.4) is 0 Å². The number of nitrogens with zero attached hydrogens (tertiary/aromatic N) is 9. The molecule has 0 spiro atoms. The number of benzene rings is 4. The van der Waals surface area contributed by atoms with E-state index in [1.54, 1.807) is 31.5 Å². The lowest BCUT2D eigenvalue weighted by atomic mass is 9.92. The average Bonchev–Trinajstić information content (AvgIpc) is 4.02. The first-order valence-corrected chi connectivity index (χ1v) is 29.9. The first kappa shape index (κ1) is 51.5. The molecule has 5 aliphatic heterocycles. The quantitative estimate of drug-likeness (QED) is 0.0702. The molecule has 0 radical (unpaired) electrons. The van der Waals surface area contributed by atoms with E-state index in [9.17, 15) is 18.9 Å². The van der Waals surface area contributed by atoms with E-state index in [-0.39, 0.29) is 24.1 Å². The Bertz CT molecular complexity index is 3200. The van der Waals surface area contributed by atoms with Crippen molar-refractivity contribution in [2.24, 2.45) is 13.0 Å². The van der Waals surface area contributed by atoms with Gasteiger partial charge in [0.2, 0.25) is 17.8 Å². The van der Waals surface area contributed by atoms with Gasteiger partial charge in [0.15, 0.2) is 0 Å². The second-order valence-electron chi connectivity index (χ2n) is 21.3. The highest BCUT2D eigenvalue weighted by Gasteiger charge is 2.40. The zero-order valence-corrected chi connectivity index (χ0v) is 46.2. The van der Waals surface area contributed by atoms with E-state index in [0.717, 1.165) is 122 Å². The number of piperazine rings is 1. The van der Waals surface area contributed by atoms with E-state index in [1.807, 2.05) is 72.7 Å². The number of imide groups is 1. The molecule has 1 atom stereocenters. The number of nitrogens with one attached hydrogen (secondary N) is 3. The Hall–Kier alpha value is -6.59. The van der Waals surface area contributed by atoms with Crippen molar-refractivity contribution in [1.82, 2.24) is 39.8 Å². The highest BCUT2D eigenvalue weighted by Crippen LogP contribution is 2.43. The number of carbonyl (C=O) groups is 3. The van der Waals surface area contributed by atoms with Crippen LogP contribution in [0.5, 0.6) is 5.75 Å². The van der Waals surface area contributed by atoms with Crippen LogP contribution in [0.1, 0.15) is 54.4 Å².